The van der Waals surface area contributed by atoms with E-state index in [1.807, 2.05) is 12.1 Å². The van der Waals surface area contributed by atoms with Gasteiger partial charge in [0.15, 0.2) is 0 Å². The lowest BCUT2D eigenvalue weighted by molar-refractivity contribution is 1.17. The Morgan fingerprint density at radius 1 is 0.262 bits per heavy atom. The second-order valence-corrected chi connectivity index (χ2v) is 15.6. The van der Waals surface area contributed by atoms with Crippen LogP contribution >= 0.6 is 0 Å². The van der Waals surface area contributed by atoms with Gasteiger partial charge in [-0.05, 0) is 125 Å². The van der Waals surface area contributed by atoms with Gasteiger partial charge in [-0.25, -0.2) is 0 Å². The molecule has 0 N–H and O–H groups in total. The fraction of sp³-hybridized carbons (Fsp3) is 0. The minimum absolute atomic E-state index is 0.356. The Labute approximate surface area is 351 Å². The van der Waals surface area contributed by atoms with E-state index in [9.17, 15) is 10.5 Å². The molecule has 0 aliphatic carbocycles. The number of fused-ring (bicyclic) bond motifs is 9. The molecule has 12 rings (SSSR count). The van der Waals surface area contributed by atoms with Gasteiger partial charge in [0, 0.05) is 49.4 Å². The van der Waals surface area contributed by atoms with Crippen LogP contribution in [0.25, 0.3) is 105 Å². The van der Waals surface area contributed by atoms with Gasteiger partial charge in [0.25, 0.3) is 0 Å². The number of benzene rings is 9. The van der Waals surface area contributed by atoms with Crippen molar-refractivity contribution in [2.45, 2.75) is 0 Å². The summed E-state index contributed by atoms with van der Waals surface area (Å²) in [7, 11) is 0. The zero-order valence-electron chi connectivity index (χ0n) is 32.8. The number of nitrogens with zero attached hydrogens (tertiary/aromatic N) is 5. The van der Waals surface area contributed by atoms with E-state index in [1.54, 1.807) is 6.07 Å². The molecule has 5 nitrogen and oxygen atoms in total. The van der Waals surface area contributed by atoms with Crippen LogP contribution in [0.5, 0.6) is 0 Å². The second kappa shape index (κ2) is 13.5. The molecule has 0 amide bonds. The highest BCUT2D eigenvalue weighted by atomic mass is 15.0. The summed E-state index contributed by atoms with van der Waals surface area (Å²) in [6.07, 6.45) is 0. The number of nitriles is 2. The highest BCUT2D eigenvalue weighted by Crippen LogP contribution is 2.41. The predicted octanol–water partition coefficient (Wildman–Crippen LogP) is 14.1. The van der Waals surface area contributed by atoms with Crippen LogP contribution in [0.15, 0.2) is 200 Å². The zero-order chi connectivity index (χ0) is 40.6. The largest absolute Gasteiger partial charge is 0.309 e. The summed E-state index contributed by atoms with van der Waals surface area (Å²) in [6.45, 7) is 0. The fourth-order valence-electron chi connectivity index (χ4n) is 9.54. The van der Waals surface area contributed by atoms with Crippen LogP contribution in [0.1, 0.15) is 11.1 Å². The van der Waals surface area contributed by atoms with E-state index < -0.39 is 0 Å². The van der Waals surface area contributed by atoms with E-state index >= 15 is 0 Å². The molecular formula is C56H33N5. The summed E-state index contributed by atoms with van der Waals surface area (Å²) >= 11 is 0. The number of aromatic nitrogens is 3. The highest BCUT2D eigenvalue weighted by Gasteiger charge is 2.19. The van der Waals surface area contributed by atoms with Crippen LogP contribution < -0.4 is 0 Å². The lowest BCUT2D eigenvalue weighted by atomic mass is 9.98. The minimum Gasteiger partial charge on any atom is -0.309 e. The Balaban J connectivity index is 1.07. The van der Waals surface area contributed by atoms with Crippen molar-refractivity contribution < 1.29 is 0 Å². The Kier molecular flexibility index (Phi) is 7.59. The van der Waals surface area contributed by atoms with Crippen molar-refractivity contribution in [3.8, 4) is 51.5 Å². The van der Waals surface area contributed by atoms with Gasteiger partial charge in [-0.2, -0.15) is 10.5 Å². The van der Waals surface area contributed by atoms with Gasteiger partial charge in [-0.3, -0.25) is 0 Å². The maximum atomic E-state index is 10.0. The van der Waals surface area contributed by atoms with E-state index in [0.717, 1.165) is 72.2 Å². The smallest absolute Gasteiger partial charge is 0.101 e. The normalized spacial score (nSPS) is 11.6. The van der Waals surface area contributed by atoms with Crippen molar-refractivity contribution in [1.29, 1.82) is 10.5 Å². The summed E-state index contributed by atoms with van der Waals surface area (Å²) in [6, 6.07) is 75.3. The molecule has 0 bridgehead atoms. The average Bonchev–Trinajstić information content (AvgIpc) is 3.96. The van der Waals surface area contributed by atoms with E-state index in [0.29, 0.717) is 11.1 Å². The maximum Gasteiger partial charge on any atom is 0.101 e. The van der Waals surface area contributed by atoms with Gasteiger partial charge in [-0.1, -0.05) is 97.1 Å². The van der Waals surface area contributed by atoms with Gasteiger partial charge < -0.3 is 13.7 Å². The molecule has 5 heteroatoms. The number of hydrogen-bond acceptors (Lipinski definition) is 2. The summed E-state index contributed by atoms with van der Waals surface area (Å²) in [5, 5.41) is 26.8. The first-order valence-corrected chi connectivity index (χ1v) is 20.4. The fourth-order valence-corrected chi connectivity index (χ4v) is 9.54. The van der Waals surface area contributed by atoms with Crippen LogP contribution in [0.2, 0.25) is 0 Å². The molecule has 0 aliphatic heterocycles. The zero-order valence-corrected chi connectivity index (χ0v) is 32.8. The molecule has 3 aromatic heterocycles. The van der Waals surface area contributed by atoms with E-state index in [2.05, 4.69) is 208 Å². The third-order valence-corrected chi connectivity index (χ3v) is 12.3. The highest BCUT2D eigenvalue weighted by molar-refractivity contribution is 6.14. The standard InChI is InChI=1S/C56H33N5/c57-34-40-19-24-44(29-41(40)35-58)61-55-27-22-38(36-20-25-53-47(30-36)45-15-7-9-17-51(45)59(53)42-11-3-1-4-12-42)32-49(55)50-33-39(23-28-56(50)61)37-21-26-54-48(31-37)46-16-8-10-18-52(46)60(54)43-13-5-2-6-14-43/h1-33H. The van der Waals surface area contributed by atoms with E-state index in [-0.39, 0.29) is 0 Å². The summed E-state index contributed by atoms with van der Waals surface area (Å²) in [4.78, 5) is 0. The molecule has 0 saturated heterocycles. The summed E-state index contributed by atoms with van der Waals surface area (Å²) in [5.74, 6) is 0. The Morgan fingerprint density at radius 2 is 0.607 bits per heavy atom. The Hall–Kier alpha value is -8.64. The first-order valence-electron chi connectivity index (χ1n) is 20.4. The number of hydrogen-bond donors (Lipinski definition) is 0. The molecule has 0 fully saturated rings. The van der Waals surface area contributed by atoms with Crippen molar-refractivity contribution >= 4 is 65.4 Å². The SMILES string of the molecule is N#Cc1ccc(-n2c3ccc(-c4ccc5c(c4)c4ccccc4n5-c4ccccc4)cc3c3cc(-c4ccc5c(c4)c4ccccc4n5-c4ccccc4)ccc32)cc1C#N. The topological polar surface area (TPSA) is 62.4 Å². The first-order chi connectivity index (χ1) is 30.2. The van der Waals surface area contributed by atoms with Crippen LogP contribution in [0.4, 0.5) is 0 Å². The van der Waals surface area contributed by atoms with Crippen molar-refractivity contribution in [1.82, 2.24) is 13.7 Å². The molecule has 0 atom stereocenters. The molecular weight excluding hydrogens is 743 g/mol. The molecule has 3 heterocycles. The first kappa shape index (κ1) is 34.4. The van der Waals surface area contributed by atoms with Gasteiger partial charge in [0.05, 0.1) is 44.2 Å². The third kappa shape index (κ3) is 5.25. The van der Waals surface area contributed by atoms with Crippen LogP contribution in [-0.2, 0) is 0 Å². The Bertz CT molecular complexity index is 3620. The Morgan fingerprint density at radius 3 is 1.02 bits per heavy atom. The van der Waals surface area contributed by atoms with Crippen LogP contribution in [0, 0.1) is 22.7 Å². The minimum atomic E-state index is 0.356. The molecule has 282 valence electrons. The molecule has 0 radical (unpaired) electrons. The van der Waals surface area contributed by atoms with Crippen molar-refractivity contribution in [3.05, 3.63) is 211 Å². The molecule has 0 saturated carbocycles. The van der Waals surface area contributed by atoms with Crippen LogP contribution in [0.3, 0.4) is 0 Å². The molecule has 61 heavy (non-hydrogen) atoms. The molecule has 12 aromatic rings. The van der Waals surface area contributed by atoms with E-state index in [1.165, 1.54) is 32.6 Å². The van der Waals surface area contributed by atoms with Crippen molar-refractivity contribution in [2.24, 2.45) is 0 Å². The molecule has 0 unspecified atom stereocenters. The number of para-hydroxylation sites is 4. The summed E-state index contributed by atoms with van der Waals surface area (Å²) < 4.78 is 6.90. The van der Waals surface area contributed by atoms with Gasteiger partial charge in [0.1, 0.15) is 12.1 Å². The summed E-state index contributed by atoms with van der Waals surface area (Å²) in [5.41, 5.74) is 15.0. The third-order valence-electron chi connectivity index (χ3n) is 12.3. The van der Waals surface area contributed by atoms with Gasteiger partial charge >= 0.3 is 0 Å². The predicted molar refractivity (Wildman–Crippen MR) is 250 cm³/mol. The quantitative estimate of drug-likeness (QED) is 0.175. The average molecular weight is 776 g/mol. The lowest BCUT2D eigenvalue weighted by Gasteiger charge is -2.10. The lowest BCUT2D eigenvalue weighted by Crippen LogP contribution is -1.96. The maximum absolute atomic E-state index is 10.0. The van der Waals surface area contributed by atoms with E-state index in [4.69, 9.17) is 0 Å². The van der Waals surface area contributed by atoms with Crippen molar-refractivity contribution in [3.63, 3.8) is 0 Å². The molecule has 0 spiro atoms. The molecule has 9 aromatic carbocycles. The molecule has 0 aliphatic rings. The monoisotopic (exact) mass is 775 g/mol. The van der Waals surface area contributed by atoms with Crippen LogP contribution in [-0.4, -0.2) is 13.7 Å². The van der Waals surface area contributed by atoms with Gasteiger partial charge in [0.2, 0.25) is 0 Å². The van der Waals surface area contributed by atoms with Crippen molar-refractivity contribution in [2.75, 3.05) is 0 Å². The number of rotatable bonds is 5. The van der Waals surface area contributed by atoms with Gasteiger partial charge in [-0.15, -0.1) is 0 Å². The second-order valence-electron chi connectivity index (χ2n) is 15.6.